The van der Waals surface area contributed by atoms with Crippen molar-refractivity contribution in [2.24, 2.45) is 0 Å². The second-order valence-corrected chi connectivity index (χ2v) is 5.55. The van der Waals surface area contributed by atoms with Crippen molar-refractivity contribution in [2.45, 2.75) is 77.8 Å². The molecule has 0 aliphatic rings. The number of rotatable bonds is 11. The highest BCUT2D eigenvalue weighted by molar-refractivity contribution is 5.15. The average Bonchev–Trinajstić information content (AvgIpc) is 2.88. The Kier molecular flexibility index (Phi) is 8.64. The summed E-state index contributed by atoms with van der Waals surface area (Å²) in [5.41, 5.74) is 1.42. The predicted octanol–water partition coefficient (Wildman–Crippen LogP) is 4.91. The highest BCUT2D eigenvalue weighted by Crippen LogP contribution is 2.16. The molecule has 1 N–H and O–H groups in total. The van der Waals surface area contributed by atoms with Crippen molar-refractivity contribution in [3.8, 4) is 0 Å². The van der Waals surface area contributed by atoms with Gasteiger partial charge in [-0.15, -0.1) is 0 Å². The Balaban J connectivity index is 2.16. The summed E-state index contributed by atoms with van der Waals surface area (Å²) in [7, 11) is 2.04. The molecule has 0 bridgehead atoms. The van der Waals surface area contributed by atoms with Crippen LogP contribution in [0.25, 0.3) is 0 Å². The van der Waals surface area contributed by atoms with Crippen molar-refractivity contribution in [1.82, 2.24) is 9.88 Å². The van der Waals surface area contributed by atoms with Gasteiger partial charge >= 0.3 is 0 Å². The van der Waals surface area contributed by atoms with Crippen molar-refractivity contribution in [1.29, 1.82) is 0 Å². The van der Waals surface area contributed by atoms with Crippen LogP contribution in [-0.2, 0) is 6.54 Å². The summed E-state index contributed by atoms with van der Waals surface area (Å²) in [5.74, 6) is 0. The van der Waals surface area contributed by atoms with Gasteiger partial charge in [-0.2, -0.15) is 0 Å². The van der Waals surface area contributed by atoms with E-state index in [1.54, 1.807) is 0 Å². The zero-order chi connectivity index (χ0) is 13.9. The van der Waals surface area contributed by atoms with E-state index in [0.29, 0.717) is 6.04 Å². The van der Waals surface area contributed by atoms with Crippen LogP contribution in [-0.4, -0.2) is 11.6 Å². The van der Waals surface area contributed by atoms with Gasteiger partial charge in [0.1, 0.15) is 0 Å². The maximum Gasteiger partial charge on any atom is 0.0329 e. The highest BCUT2D eigenvalue weighted by Gasteiger charge is 2.07. The summed E-state index contributed by atoms with van der Waals surface area (Å²) < 4.78 is 2.35. The Labute approximate surface area is 119 Å². The minimum atomic E-state index is 0.510. The molecule has 1 atom stereocenters. The third-order valence-electron chi connectivity index (χ3n) is 3.95. The molecule has 0 aliphatic heterocycles. The third-order valence-corrected chi connectivity index (χ3v) is 3.95. The maximum atomic E-state index is 3.36. The van der Waals surface area contributed by atoms with Crippen molar-refractivity contribution in [3.63, 3.8) is 0 Å². The molecule has 0 saturated carbocycles. The number of hydrogen-bond donors (Lipinski definition) is 1. The lowest BCUT2D eigenvalue weighted by Gasteiger charge is -2.11. The first-order chi connectivity index (χ1) is 9.31. The van der Waals surface area contributed by atoms with Crippen LogP contribution in [0.5, 0.6) is 0 Å². The molecule has 0 spiro atoms. The van der Waals surface area contributed by atoms with Gasteiger partial charge in [0.25, 0.3) is 0 Å². The molecule has 110 valence electrons. The normalized spacial score (nSPS) is 12.8. The first-order valence-corrected chi connectivity index (χ1v) is 8.14. The van der Waals surface area contributed by atoms with Gasteiger partial charge in [0.15, 0.2) is 0 Å². The monoisotopic (exact) mass is 264 g/mol. The number of nitrogens with zero attached hydrogens (tertiary/aromatic N) is 1. The van der Waals surface area contributed by atoms with E-state index in [1.165, 1.54) is 57.1 Å². The van der Waals surface area contributed by atoms with E-state index in [9.17, 15) is 0 Å². The van der Waals surface area contributed by atoms with Crippen molar-refractivity contribution >= 4 is 0 Å². The van der Waals surface area contributed by atoms with Crippen LogP contribution in [0.15, 0.2) is 18.5 Å². The van der Waals surface area contributed by atoms with Crippen LogP contribution < -0.4 is 5.32 Å². The molecular weight excluding hydrogens is 232 g/mol. The number of unbranched alkanes of at least 4 members (excludes halogenated alkanes) is 6. The number of nitrogens with one attached hydrogen (secondary N) is 1. The minimum Gasteiger partial charge on any atom is -0.354 e. The van der Waals surface area contributed by atoms with Crippen LogP contribution in [0.2, 0.25) is 0 Å². The molecule has 1 unspecified atom stereocenters. The van der Waals surface area contributed by atoms with Crippen molar-refractivity contribution in [3.05, 3.63) is 24.0 Å². The predicted molar refractivity (Wildman–Crippen MR) is 84.5 cm³/mol. The molecule has 2 heteroatoms. The quantitative estimate of drug-likeness (QED) is 0.562. The summed E-state index contributed by atoms with van der Waals surface area (Å²) in [4.78, 5) is 0. The molecule has 2 nitrogen and oxygen atoms in total. The summed E-state index contributed by atoms with van der Waals surface area (Å²) in [5, 5.41) is 3.36. The van der Waals surface area contributed by atoms with E-state index in [2.05, 4.69) is 42.2 Å². The first kappa shape index (κ1) is 16.3. The molecule has 0 radical (unpaired) electrons. The van der Waals surface area contributed by atoms with Gasteiger partial charge in [-0.25, -0.2) is 0 Å². The fourth-order valence-corrected chi connectivity index (χ4v) is 2.66. The molecule has 0 aromatic carbocycles. The topological polar surface area (TPSA) is 17.0 Å². The van der Waals surface area contributed by atoms with Gasteiger partial charge in [-0.3, -0.25) is 0 Å². The Morgan fingerprint density at radius 3 is 2.37 bits per heavy atom. The molecule has 0 amide bonds. The molecule has 19 heavy (non-hydrogen) atoms. The van der Waals surface area contributed by atoms with Gasteiger partial charge < -0.3 is 9.88 Å². The van der Waals surface area contributed by atoms with E-state index in [-0.39, 0.29) is 0 Å². The zero-order valence-corrected chi connectivity index (χ0v) is 13.1. The van der Waals surface area contributed by atoms with Crippen LogP contribution in [0.1, 0.15) is 76.8 Å². The van der Waals surface area contributed by atoms with Crippen LogP contribution in [0.3, 0.4) is 0 Å². The Bertz CT molecular complexity index is 313. The van der Waals surface area contributed by atoms with E-state index in [0.717, 1.165) is 6.42 Å². The van der Waals surface area contributed by atoms with Gasteiger partial charge in [0, 0.05) is 25.0 Å². The highest BCUT2D eigenvalue weighted by atomic mass is 14.9. The van der Waals surface area contributed by atoms with Crippen molar-refractivity contribution < 1.29 is 0 Å². The average molecular weight is 264 g/mol. The minimum absolute atomic E-state index is 0.510. The number of aromatic nitrogens is 1. The molecule has 1 rings (SSSR count). The lowest BCUT2D eigenvalue weighted by Crippen LogP contribution is -2.14. The second kappa shape index (κ2) is 10.1. The fraction of sp³-hybridized carbons (Fsp3) is 0.765. The van der Waals surface area contributed by atoms with Crippen LogP contribution in [0.4, 0.5) is 0 Å². The lowest BCUT2D eigenvalue weighted by molar-refractivity contribution is 0.546. The molecule has 0 fully saturated rings. The number of aryl methyl sites for hydroxylation is 1. The third kappa shape index (κ3) is 6.29. The van der Waals surface area contributed by atoms with Crippen LogP contribution >= 0.6 is 0 Å². The Hall–Kier alpha value is -0.760. The smallest absolute Gasteiger partial charge is 0.0329 e. The maximum absolute atomic E-state index is 3.36. The lowest BCUT2D eigenvalue weighted by atomic mass is 10.1. The summed E-state index contributed by atoms with van der Waals surface area (Å²) >= 11 is 0. The fourth-order valence-electron chi connectivity index (χ4n) is 2.66. The van der Waals surface area contributed by atoms with Crippen LogP contribution in [0, 0.1) is 0 Å². The molecule has 1 aromatic rings. The van der Waals surface area contributed by atoms with E-state index in [4.69, 9.17) is 0 Å². The molecule has 0 aliphatic carbocycles. The Morgan fingerprint density at radius 2 is 1.74 bits per heavy atom. The van der Waals surface area contributed by atoms with E-state index in [1.807, 2.05) is 7.05 Å². The second-order valence-electron chi connectivity index (χ2n) is 5.55. The van der Waals surface area contributed by atoms with E-state index >= 15 is 0 Å². The molecule has 1 heterocycles. The largest absolute Gasteiger partial charge is 0.354 e. The first-order valence-electron chi connectivity index (χ1n) is 8.14. The van der Waals surface area contributed by atoms with Gasteiger partial charge in [0.05, 0.1) is 0 Å². The SMILES string of the molecule is CCCCCCCCCn1ccc(C(CC)NC)c1. The summed E-state index contributed by atoms with van der Waals surface area (Å²) in [6.45, 7) is 5.68. The molecular formula is C17H32N2. The zero-order valence-electron chi connectivity index (χ0n) is 13.1. The Morgan fingerprint density at radius 1 is 1.05 bits per heavy atom. The standard InChI is InChI=1S/C17H32N2/c1-4-6-7-8-9-10-11-13-19-14-12-16(15-19)17(5-2)18-3/h12,14-15,17-18H,4-11,13H2,1-3H3. The van der Waals surface area contributed by atoms with Gasteiger partial charge in [-0.1, -0.05) is 52.4 Å². The molecule has 1 aromatic heterocycles. The summed E-state index contributed by atoms with van der Waals surface area (Å²) in [6, 6.07) is 2.77. The van der Waals surface area contributed by atoms with Gasteiger partial charge in [-0.05, 0) is 31.5 Å². The summed E-state index contributed by atoms with van der Waals surface area (Å²) in [6.07, 6.45) is 15.4. The number of hydrogen-bond acceptors (Lipinski definition) is 1. The molecule has 0 saturated heterocycles. The van der Waals surface area contributed by atoms with Crippen molar-refractivity contribution in [2.75, 3.05) is 7.05 Å². The van der Waals surface area contributed by atoms with E-state index < -0.39 is 0 Å². The van der Waals surface area contributed by atoms with Gasteiger partial charge in [0.2, 0.25) is 0 Å².